The molecule has 7 heteroatoms. The molecule has 0 saturated heterocycles. The number of anilines is 1. The van der Waals surface area contributed by atoms with Gasteiger partial charge in [0.1, 0.15) is 5.78 Å². The molecule has 190 valence electrons. The summed E-state index contributed by atoms with van der Waals surface area (Å²) in [5.74, 6) is -1.31. The second-order valence-corrected chi connectivity index (χ2v) is 9.58. The Morgan fingerprint density at radius 1 is 1.09 bits per heavy atom. The number of rotatable bonds is 13. The summed E-state index contributed by atoms with van der Waals surface area (Å²) in [6, 6.07) is 3.56. The Bertz CT molecular complexity index is 1020. The van der Waals surface area contributed by atoms with Gasteiger partial charge in [0.2, 0.25) is 5.91 Å². The van der Waals surface area contributed by atoms with E-state index in [0.29, 0.717) is 35.1 Å². The van der Waals surface area contributed by atoms with E-state index in [-0.39, 0.29) is 18.1 Å². The number of carbonyl (C=O) groups excluding carboxylic acids is 2. The molecule has 1 fully saturated rings. The summed E-state index contributed by atoms with van der Waals surface area (Å²) < 4.78 is 0. The number of hydrogen-bond acceptors (Lipinski definition) is 6. The second kappa shape index (κ2) is 13.4. The Labute approximate surface area is 208 Å². The zero-order valence-electron chi connectivity index (χ0n) is 20.9. The molecule has 4 atom stereocenters. The number of fused-ring (bicyclic) bond motifs is 1. The first-order valence-corrected chi connectivity index (χ1v) is 13.1. The fourth-order valence-corrected chi connectivity index (χ4v) is 4.80. The number of hydrogen-bond donors (Lipinski definition) is 3. The highest BCUT2D eigenvalue weighted by atomic mass is 16.3. The van der Waals surface area contributed by atoms with Gasteiger partial charge < -0.3 is 15.5 Å². The van der Waals surface area contributed by atoms with Crippen LogP contribution in [0.5, 0.6) is 0 Å². The van der Waals surface area contributed by atoms with Crippen molar-refractivity contribution in [2.24, 2.45) is 5.92 Å². The van der Waals surface area contributed by atoms with Gasteiger partial charge in [0.05, 0.1) is 29.2 Å². The van der Waals surface area contributed by atoms with E-state index >= 15 is 0 Å². The van der Waals surface area contributed by atoms with Crippen LogP contribution in [0.2, 0.25) is 0 Å². The zero-order valence-corrected chi connectivity index (χ0v) is 20.9. The molecule has 0 aliphatic heterocycles. The molecule has 0 unspecified atom stereocenters. The molecule has 1 aromatic carbocycles. The molecule has 1 saturated carbocycles. The molecular formula is C28H39N3O4. The summed E-state index contributed by atoms with van der Waals surface area (Å²) in [7, 11) is 0. The smallest absolute Gasteiger partial charge is 0.224 e. The van der Waals surface area contributed by atoms with Crippen LogP contribution in [0.1, 0.15) is 89.5 Å². The third-order valence-corrected chi connectivity index (χ3v) is 6.75. The largest absolute Gasteiger partial charge is 0.392 e. The number of nitrogens with zero attached hydrogens (tertiary/aromatic N) is 2. The molecule has 1 aliphatic rings. The molecule has 35 heavy (non-hydrogen) atoms. The first-order valence-electron chi connectivity index (χ1n) is 13.1. The lowest BCUT2D eigenvalue weighted by molar-refractivity contribution is -0.119. The molecule has 7 nitrogen and oxygen atoms in total. The van der Waals surface area contributed by atoms with Crippen molar-refractivity contribution < 1.29 is 19.8 Å². The lowest BCUT2D eigenvalue weighted by Gasteiger charge is -2.22. The van der Waals surface area contributed by atoms with Crippen LogP contribution in [-0.4, -0.2) is 44.1 Å². The van der Waals surface area contributed by atoms with Crippen molar-refractivity contribution >= 4 is 28.4 Å². The number of nitrogens with one attached hydrogen (secondary N) is 1. The molecular weight excluding hydrogens is 442 g/mol. The molecule has 3 N–H and O–H groups in total. The van der Waals surface area contributed by atoms with Crippen LogP contribution in [0.25, 0.3) is 11.0 Å². The summed E-state index contributed by atoms with van der Waals surface area (Å²) in [5, 5.41) is 24.1. The van der Waals surface area contributed by atoms with Gasteiger partial charge in [-0.15, -0.1) is 0 Å². The van der Waals surface area contributed by atoms with Gasteiger partial charge in [0.15, 0.2) is 0 Å². The quantitative estimate of drug-likeness (QED) is 0.272. The number of aromatic nitrogens is 2. The van der Waals surface area contributed by atoms with E-state index in [1.165, 1.54) is 0 Å². The third-order valence-electron chi connectivity index (χ3n) is 6.75. The molecule has 1 amide bonds. The molecule has 0 bridgehead atoms. The molecule has 1 aliphatic carbocycles. The van der Waals surface area contributed by atoms with Gasteiger partial charge in [0, 0.05) is 36.8 Å². The van der Waals surface area contributed by atoms with Gasteiger partial charge in [-0.2, -0.15) is 0 Å². The lowest BCUT2D eigenvalue weighted by atomic mass is 9.85. The first-order chi connectivity index (χ1) is 16.9. The van der Waals surface area contributed by atoms with Gasteiger partial charge in [-0.1, -0.05) is 64.5 Å². The van der Waals surface area contributed by atoms with Crippen molar-refractivity contribution in [3.8, 4) is 0 Å². The van der Waals surface area contributed by atoms with Gasteiger partial charge in [0.25, 0.3) is 0 Å². The fourth-order valence-electron chi connectivity index (χ4n) is 4.80. The average molecular weight is 482 g/mol. The second-order valence-electron chi connectivity index (χ2n) is 9.58. The average Bonchev–Trinajstić information content (AvgIpc) is 3.12. The van der Waals surface area contributed by atoms with E-state index in [4.69, 9.17) is 0 Å². The highest BCUT2D eigenvalue weighted by Gasteiger charge is 2.42. The maximum atomic E-state index is 13.1. The summed E-state index contributed by atoms with van der Waals surface area (Å²) >= 11 is 0. The highest BCUT2D eigenvalue weighted by Crippen LogP contribution is 2.42. The number of Topliss-reactive ketones (excluding diaryl/α,β-unsaturated/α-hetero) is 1. The van der Waals surface area contributed by atoms with Crippen molar-refractivity contribution in [2.75, 3.05) is 5.32 Å². The Balaban J connectivity index is 1.88. The maximum absolute atomic E-state index is 13.1. The van der Waals surface area contributed by atoms with Crippen molar-refractivity contribution in [3.63, 3.8) is 0 Å². The number of aliphatic hydroxyl groups excluding tert-OH is 2. The van der Waals surface area contributed by atoms with Crippen LogP contribution in [0, 0.1) is 5.92 Å². The normalized spacial score (nSPS) is 21.1. The van der Waals surface area contributed by atoms with Gasteiger partial charge in [-0.25, -0.2) is 0 Å². The predicted molar refractivity (Wildman–Crippen MR) is 138 cm³/mol. The number of aliphatic hydroxyl groups is 2. The Kier molecular flexibility index (Phi) is 10.4. The zero-order chi connectivity index (χ0) is 25.2. The van der Waals surface area contributed by atoms with E-state index in [1.54, 1.807) is 36.7 Å². The van der Waals surface area contributed by atoms with Crippen LogP contribution in [0.3, 0.4) is 0 Å². The van der Waals surface area contributed by atoms with Crippen LogP contribution in [0.4, 0.5) is 5.69 Å². The topological polar surface area (TPSA) is 112 Å². The van der Waals surface area contributed by atoms with Crippen LogP contribution >= 0.6 is 0 Å². The monoisotopic (exact) mass is 481 g/mol. The minimum Gasteiger partial charge on any atom is -0.392 e. The van der Waals surface area contributed by atoms with Crippen LogP contribution in [0.15, 0.2) is 36.7 Å². The number of ketones is 1. The highest BCUT2D eigenvalue weighted by molar-refractivity contribution is 5.98. The molecule has 0 spiro atoms. The maximum Gasteiger partial charge on any atom is 0.224 e. The standard InChI is InChI=1S/C28H39N3O4/c1-3-5-7-9-11-27(35)31-22-17-24-23(29-14-15-30-24)16-21(22)28-20(25(33)18-26(28)34)13-12-19(32)10-8-6-4-2/h12-17,19-20,25,28,32-33H,3-11,18H2,1-2H3,(H,31,35)/b13-12+/t19-,20-,25+,28+/m0/s1. The number of amides is 1. The van der Waals surface area contributed by atoms with Crippen molar-refractivity contribution in [1.82, 2.24) is 9.97 Å². The van der Waals surface area contributed by atoms with E-state index in [1.807, 2.05) is 0 Å². The van der Waals surface area contributed by atoms with Crippen LogP contribution in [-0.2, 0) is 9.59 Å². The summed E-state index contributed by atoms with van der Waals surface area (Å²) in [6.45, 7) is 4.24. The van der Waals surface area contributed by atoms with E-state index < -0.39 is 24.0 Å². The lowest BCUT2D eigenvalue weighted by Crippen LogP contribution is -2.20. The summed E-state index contributed by atoms with van der Waals surface area (Å²) in [5.41, 5.74) is 2.42. The van der Waals surface area contributed by atoms with Crippen LogP contribution < -0.4 is 5.32 Å². The third kappa shape index (κ3) is 7.42. The van der Waals surface area contributed by atoms with E-state index in [0.717, 1.165) is 44.9 Å². The SMILES string of the molecule is CCCCCCC(=O)Nc1cc2nccnc2cc1[C@@H]1C(=O)C[C@@H](O)[C@@H]1/C=C/[C@@H](O)CCCCC. The molecule has 1 heterocycles. The predicted octanol–water partition coefficient (Wildman–Crippen LogP) is 5.07. The molecule has 3 rings (SSSR count). The molecule has 1 aromatic heterocycles. The minimum atomic E-state index is -0.846. The van der Waals surface area contributed by atoms with E-state index in [2.05, 4.69) is 29.1 Å². The van der Waals surface area contributed by atoms with Gasteiger partial charge in [-0.3, -0.25) is 19.6 Å². The van der Waals surface area contributed by atoms with Crippen molar-refractivity contribution in [2.45, 2.75) is 96.2 Å². The Morgan fingerprint density at radius 2 is 1.77 bits per heavy atom. The number of benzene rings is 1. The fraction of sp³-hybridized carbons (Fsp3) is 0.571. The molecule has 2 aromatic rings. The van der Waals surface area contributed by atoms with E-state index in [9.17, 15) is 19.8 Å². The number of carbonyl (C=O) groups is 2. The summed E-state index contributed by atoms with van der Waals surface area (Å²) in [6.07, 6.45) is 13.3. The minimum absolute atomic E-state index is 0.0362. The van der Waals surface area contributed by atoms with Gasteiger partial charge in [-0.05, 0) is 30.5 Å². The van der Waals surface area contributed by atoms with Gasteiger partial charge >= 0.3 is 0 Å². The Hall–Kier alpha value is -2.64. The van der Waals surface area contributed by atoms with Crippen molar-refractivity contribution in [1.29, 1.82) is 0 Å². The number of unbranched alkanes of at least 4 members (excludes halogenated alkanes) is 5. The molecule has 0 radical (unpaired) electrons. The first kappa shape index (κ1) is 27.0. The Morgan fingerprint density at radius 3 is 2.49 bits per heavy atom. The summed E-state index contributed by atoms with van der Waals surface area (Å²) in [4.78, 5) is 34.5. The van der Waals surface area contributed by atoms with Crippen molar-refractivity contribution in [3.05, 3.63) is 42.2 Å².